The molecule has 19 heavy (non-hydrogen) atoms. The maximum Gasteiger partial charge on any atom is 0.348 e. The lowest BCUT2D eigenvalue weighted by Gasteiger charge is -2.25. The highest BCUT2D eigenvalue weighted by Gasteiger charge is 2.44. The monoisotopic (exact) mass is 257 g/mol. The van der Waals surface area contributed by atoms with Crippen LogP contribution in [0.15, 0.2) is 36.5 Å². The Morgan fingerprint density at radius 1 is 1.21 bits per heavy atom. The molecule has 1 aromatic heterocycles. The molecule has 0 unspecified atom stereocenters. The average Bonchev–Trinajstić information content (AvgIpc) is 2.89. The molecule has 0 radical (unpaired) electrons. The minimum Gasteiger partial charge on any atom is -0.478 e. The van der Waals surface area contributed by atoms with Crippen LogP contribution in [0.4, 0.5) is 0 Å². The van der Waals surface area contributed by atoms with Crippen molar-refractivity contribution in [3.05, 3.63) is 36.5 Å². The molecule has 2 aromatic rings. The van der Waals surface area contributed by atoms with Crippen molar-refractivity contribution < 1.29 is 14.6 Å². The number of carboxylic acids is 1. The molecule has 0 bridgehead atoms. The molecule has 4 nitrogen and oxygen atoms in total. The second kappa shape index (κ2) is 4.53. The summed E-state index contributed by atoms with van der Waals surface area (Å²) in [5, 5.41) is 10.4. The molecule has 1 saturated carbocycles. The first-order chi connectivity index (χ1) is 9.21. The van der Waals surface area contributed by atoms with Gasteiger partial charge in [0.05, 0.1) is 0 Å². The Kier molecular flexibility index (Phi) is 2.85. The normalized spacial score (nSPS) is 17.5. The fraction of sp³-hybridized carbons (Fsp3) is 0.333. The zero-order chi connectivity index (χ0) is 13.3. The number of benzene rings is 1. The van der Waals surface area contributed by atoms with Crippen molar-refractivity contribution in [3.8, 4) is 5.75 Å². The van der Waals surface area contributed by atoms with Crippen LogP contribution in [0.25, 0.3) is 10.9 Å². The van der Waals surface area contributed by atoms with Gasteiger partial charge in [-0.2, -0.15) is 0 Å². The number of hydrogen-bond donors (Lipinski definition) is 1. The van der Waals surface area contributed by atoms with Gasteiger partial charge >= 0.3 is 5.97 Å². The largest absolute Gasteiger partial charge is 0.478 e. The van der Waals surface area contributed by atoms with E-state index in [0.717, 1.165) is 23.7 Å². The average molecular weight is 257 g/mol. The van der Waals surface area contributed by atoms with Crippen molar-refractivity contribution in [3.63, 3.8) is 0 Å². The fourth-order valence-corrected chi connectivity index (χ4v) is 2.67. The molecule has 0 amide bonds. The molecular formula is C15H15NO3. The third-order valence-corrected chi connectivity index (χ3v) is 3.70. The lowest BCUT2D eigenvalue weighted by Crippen LogP contribution is -2.41. The van der Waals surface area contributed by atoms with Gasteiger partial charge in [-0.05, 0) is 37.8 Å². The van der Waals surface area contributed by atoms with Gasteiger partial charge < -0.3 is 9.84 Å². The first-order valence-corrected chi connectivity index (χ1v) is 6.47. The number of nitrogens with zero attached hydrogens (tertiary/aromatic N) is 1. The molecule has 1 heterocycles. The smallest absolute Gasteiger partial charge is 0.348 e. The fourth-order valence-electron chi connectivity index (χ4n) is 2.67. The maximum absolute atomic E-state index is 11.5. The van der Waals surface area contributed by atoms with E-state index in [9.17, 15) is 9.90 Å². The van der Waals surface area contributed by atoms with Gasteiger partial charge in [-0.3, -0.25) is 4.98 Å². The molecule has 4 heteroatoms. The number of carbonyl (C=O) groups is 1. The van der Waals surface area contributed by atoms with Crippen molar-refractivity contribution in [2.24, 2.45) is 0 Å². The number of aliphatic carboxylic acids is 1. The topological polar surface area (TPSA) is 59.4 Å². The van der Waals surface area contributed by atoms with E-state index in [0.29, 0.717) is 18.6 Å². The van der Waals surface area contributed by atoms with E-state index in [1.165, 1.54) is 0 Å². The van der Waals surface area contributed by atoms with Crippen LogP contribution in [0.5, 0.6) is 5.75 Å². The van der Waals surface area contributed by atoms with Crippen LogP contribution in [0.1, 0.15) is 25.7 Å². The number of pyridine rings is 1. The minimum atomic E-state index is -1.08. The van der Waals surface area contributed by atoms with E-state index in [4.69, 9.17) is 4.74 Å². The highest BCUT2D eigenvalue weighted by atomic mass is 16.5. The molecule has 3 rings (SSSR count). The first kappa shape index (κ1) is 12.0. The summed E-state index contributed by atoms with van der Waals surface area (Å²) in [5.41, 5.74) is -0.358. The highest BCUT2D eigenvalue weighted by Crippen LogP contribution is 2.36. The van der Waals surface area contributed by atoms with E-state index >= 15 is 0 Å². The molecule has 1 aliphatic carbocycles. The molecule has 0 atom stereocenters. The first-order valence-electron chi connectivity index (χ1n) is 6.47. The van der Waals surface area contributed by atoms with Crippen LogP contribution in [0.2, 0.25) is 0 Å². The Labute approximate surface area is 111 Å². The van der Waals surface area contributed by atoms with E-state index in [-0.39, 0.29) is 0 Å². The van der Waals surface area contributed by atoms with Crippen molar-refractivity contribution in [1.82, 2.24) is 4.98 Å². The van der Waals surface area contributed by atoms with Crippen molar-refractivity contribution in [2.45, 2.75) is 31.3 Å². The van der Waals surface area contributed by atoms with Crippen LogP contribution in [0, 0.1) is 0 Å². The SMILES string of the molecule is O=C(O)C1(Oc2cccc3cccnc23)CCCC1. The van der Waals surface area contributed by atoms with Crippen LogP contribution in [-0.4, -0.2) is 21.7 Å². The third-order valence-electron chi connectivity index (χ3n) is 3.70. The van der Waals surface area contributed by atoms with Gasteiger partial charge in [-0.25, -0.2) is 4.79 Å². The molecule has 1 aliphatic rings. The Morgan fingerprint density at radius 2 is 1.95 bits per heavy atom. The quantitative estimate of drug-likeness (QED) is 0.918. The van der Waals surface area contributed by atoms with Gasteiger partial charge in [0.15, 0.2) is 0 Å². The number of ether oxygens (including phenoxy) is 1. The summed E-state index contributed by atoms with van der Waals surface area (Å²) in [4.78, 5) is 15.8. The number of fused-ring (bicyclic) bond motifs is 1. The Hall–Kier alpha value is -2.10. The van der Waals surface area contributed by atoms with Gasteiger partial charge in [0.2, 0.25) is 5.60 Å². The summed E-state index contributed by atoms with van der Waals surface area (Å²) < 4.78 is 5.88. The Bertz CT molecular complexity index is 612. The number of para-hydroxylation sites is 1. The predicted octanol–water partition coefficient (Wildman–Crippen LogP) is 3.01. The predicted molar refractivity (Wildman–Crippen MR) is 71.2 cm³/mol. The van der Waals surface area contributed by atoms with Gasteiger partial charge in [0.1, 0.15) is 11.3 Å². The van der Waals surface area contributed by atoms with Crippen molar-refractivity contribution >= 4 is 16.9 Å². The lowest BCUT2D eigenvalue weighted by atomic mass is 10.0. The third kappa shape index (κ3) is 2.03. The zero-order valence-electron chi connectivity index (χ0n) is 10.5. The summed E-state index contributed by atoms with van der Waals surface area (Å²) in [6, 6.07) is 9.39. The molecule has 0 spiro atoms. The highest BCUT2D eigenvalue weighted by molar-refractivity contribution is 5.85. The van der Waals surface area contributed by atoms with Gasteiger partial charge in [0.25, 0.3) is 0 Å². The summed E-state index contributed by atoms with van der Waals surface area (Å²) in [6.07, 6.45) is 4.60. The van der Waals surface area contributed by atoms with E-state index in [2.05, 4.69) is 4.98 Å². The molecule has 1 fully saturated rings. The Morgan fingerprint density at radius 3 is 2.68 bits per heavy atom. The van der Waals surface area contributed by atoms with Crippen LogP contribution < -0.4 is 4.74 Å². The Balaban J connectivity index is 2.03. The van der Waals surface area contributed by atoms with Crippen molar-refractivity contribution in [2.75, 3.05) is 0 Å². The van der Waals surface area contributed by atoms with Crippen LogP contribution >= 0.6 is 0 Å². The number of rotatable bonds is 3. The summed E-state index contributed by atoms with van der Waals surface area (Å²) in [5.74, 6) is -0.319. The molecule has 1 N–H and O–H groups in total. The molecule has 0 aliphatic heterocycles. The van der Waals surface area contributed by atoms with E-state index in [1.807, 2.05) is 24.3 Å². The van der Waals surface area contributed by atoms with Gasteiger partial charge in [-0.1, -0.05) is 18.2 Å². The molecular weight excluding hydrogens is 242 g/mol. The van der Waals surface area contributed by atoms with Crippen LogP contribution in [0.3, 0.4) is 0 Å². The van der Waals surface area contributed by atoms with Gasteiger partial charge in [0, 0.05) is 11.6 Å². The maximum atomic E-state index is 11.5. The number of carboxylic acid groups (broad SMARTS) is 1. The van der Waals surface area contributed by atoms with Crippen LogP contribution in [-0.2, 0) is 4.79 Å². The molecule has 1 aromatic carbocycles. The summed E-state index contributed by atoms with van der Waals surface area (Å²) in [6.45, 7) is 0. The molecule has 98 valence electrons. The zero-order valence-corrected chi connectivity index (χ0v) is 10.5. The lowest BCUT2D eigenvalue weighted by molar-refractivity contribution is -0.154. The summed E-state index contributed by atoms with van der Waals surface area (Å²) in [7, 11) is 0. The number of hydrogen-bond acceptors (Lipinski definition) is 3. The number of aromatic nitrogens is 1. The van der Waals surface area contributed by atoms with E-state index in [1.54, 1.807) is 12.3 Å². The van der Waals surface area contributed by atoms with E-state index < -0.39 is 11.6 Å². The molecule has 0 saturated heterocycles. The standard InChI is InChI=1S/C15H15NO3/c17-14(18)15(8-1-2-9-15)19-12-7-3-5-11-6-4-10-16-13(11)12/h3-7,10H,1-2,8-9H2,(H,17,18). The summed E-state index contributed by atoms with van der Waals surface area (Å²) >= 11 is 0. The second-order valence-electron chi connectivity index (χ2n) is 4.94. The van der Waals surface area contributed by atoms with Gasteiger partial charge in [-0.15, -0.1) is 0 Å². The van der Waals surface area contributed by atoms with Crippen molar-refractivity contribution in [1.29, 1.82) is 0 Å². The second-order valence-corrected chi connectivity index (χ2v) is 4.94. The minimum absolute atomic E-state index is 0.558.